The first-order valence-electron chi connectivity index (χ1n) is 42.9. The maximum atomic E-state index is 13.7. The molecule has 0 aromatic rings. The van der Waals surface area contributed by atoms with Crippen LogP contribution in [0.25, 0.3) is 0 Å². The summed E-state index contributed by atoms with van der Waals surface area (Å²) in [6.07, 6.45) is 39.7. The maximum Gasteiger partial charge on any atom is 4.00 e. The van der Waals surface area contributed by atoms with Crippen molar-refractivity contribution >= 4 is 0 Å². The molecule has 0 aliphatic carbocycles. The third kappa shape index (κ3) is 84.9. The van der Waals surface area contributed by atoms with Gasteiger partial charge in [0.25, 0.3) is 0 Å². The first-order chi connectivity index (χ1) is 47.8. The van der Waals surface area contributed by atoms with Crippen LogP contribution >= 0.6 is 0 Å². The molecule has 0 rings (SSSR count). The smallest absolute Gasteiger partial charge is 4.00 e. The van der Waals surface area contributed by atoms with Crippen LogP contribution < -0.4 is 20.4 Å². The number of unbranched alkanes of at least 4 members (excludes halogenated alkanes) is 20. The van der Waals surface area contributed by atoms with Gasteiger partial charge in [0.2, 0.25) is 0 Å². The van der Waals surface area contributed by atoms with Crippen molar-refractivity contribution in [2.24, 2.45) is 0 Å². The van der Waals surface area contributed by atoms with Crippen molar-refractivity contribution in [2.75, 3.05) is 79.3 Å². The van der Waals surface area contributed by atoms with Crippen LogP contribution in [0.1, 0.15) is 395 Å². The van der Waals surface area contributed by atoms with E-state index in [0.29, 0.717) is 90.7 Å². The largest absolute Gasteiger partial charge is 4.00 e. The van der Waals surface area contributed by atoms with E-state index >= 15 is 0 Å². The summed E-state index contributed by atoms with van der Waals surface area (Å²) in [6.45, 7) is 47.3. The fourth-order valence-electron chi connectivity index (χ4n) is 10.1. The van der Waals surface area contributed by atoms with Gasteiger partial charge < -0.3 is 20.4 Å². The van der Waals surface area contributed by atoms with Crippen molar-refractivity contribution in [3.8, 4) is 0 Å². The average Bonchev–Trinajstić information content (AvgIpc) is 0.820. The summed E-state index contributed by atoms with van der Waals surface area (Å²) in [5.41, 5.74) is 0. The zero-order valence-electron chi connectivity index (χ0n) is 72.5. The second-order valence-corrected chi connectivity index (χ2v) is 55.1. The Morgan fingerprint density at radius 1 is 0.165 bits per heavy atom. The molecule has 23 heteroatoms. The van der Waals surface area contributed by atoms with Crippen molar-refractivity contribution in [1.82, 2.24) is 0 Å². The zero-order valence-corrected chi connectivity index (χ0v) is 83.4. The SMILES string of the molecule is CCCC[O-].CCCC[O-].CCCC[O-].CCCC[O-].CCCC[O][Ti-2](=[O])([CH2]CCC)([CH2]CCC)[O]CCCC.CCCC[O][Ti-2](=[O])([CH2]CCC)([CH2]CCC)[O]CCCC.CCCC[O][Ti-2](=[O])([CH2]CCC)([CH2]CCC)[O]CCCC.CCCC[O][Ti-2](=[O])([CH2]CCC)([CH2]CCC)[O]CCCC.[Ti+4].[Ti+4].[Ti+4]. The van der Waals surface area contributed by atoms with Crippen LogP contribution in [0, 0.1) is 0 Å². The van der Waals surface area contributed by atoms with E-state index in [2.05, 4.69) is 111 Å². The molecule has 103 heavy (non-hydrogen) atoms. The number of hydrogen-bond acceptors (Lipinski definition) is 16. The van der Waals surface area contributed by atoms with Gasteiger partial charge in [-0.2, -0.15) is 0 Å². The van der Waals surface area contributed by atoms with Crippen LogP contribution in [-0.2, 0) is 169 Å². The molecular formula is C80H180O16Ti7. The van der Waals surface area contributed by atoms with E-state index < -0.39 is 64.2 Å². The van der Waals surface area contributed by atoms with E-state index in [1.807, 2.05) is 27.7 Å². The van der Waals surface area contributed by atoms with Gasteiger partial charge in [-0.05, 0) is 0 Å². The van der Waals surface area contributed by atoms with E-state index in [-0.39, 0.29) is 91.6 Å². The predicted octanol–water partition coefficient (Wildman–Crippen LogP) is 24.3. The van der Waals surface area contributed by atoms with Crippen LogP contribution in [0.15, 0.2) is 0 Å². The molecule has 0 heterocycles. The molecule has 624 valence electrons. The van der Waals surface area contributed by atoms with Gasteiger partial charge in [0, 0.05) is 0 Å². The van der Waals surface area contributed by atoms with Gasteiger partial charge in [0.05, 0.1) is 0 Å². The molecule has 0 N–H and O–H groups in total. The second-order valence-electron chi connectivity index (χ2n) is 28.1. The molecule has 0 atom stereocenters. The van der Waals surface area contributed by atoms with Crippen LogP contribution in [0.4, 0.5) is 0 Å². The van der Waals surface area contributed by atoms with Crippen molar-refractivity contribution in [2.45, 2.75) is 433 Å². The molecule has 16 nitrogen and oxygen atoms in total. The van der Waals surface area contributed by atoms with Crippen LogP contribution in [0.2, 0.25) is 37.8 Å². The van der Waals surface area contributed by atoms with Crippen LogP contribution in [-0.4, -0.2) is 79.3 Å². The first-order valence-corrected chi connectivity index (χ1v) is 59.4. The summed E-state index contributed by atoms with van der Waals surface area (Å²) in [6, 6.07) is 0. The molecule has 0 bridgehead atoms. The van der Waals surface area contributed by atoms with Crippen LogP contribution in [0.3, 0.4) is 0 Å². The Balaban J connectivity index is -0.000000110. The summed E-state index contributed by atoms with van der Waals surface area (Å²) in [5, 5.41) is 38.1. The molecule has 0 aliphatic rings. The molecule has 0 saturated carbocycles. The molecule has 0 aliphatic heterocycles. The van der Waals surface area contributed by atoms with Gasteiger partial charge in [0.15, 0.2) is 0 Å². The third-order valence-electron chi connectivity index (χ3n) is 17.5. The second kappa shape index (κ2) is 92.9. The molecule has 0 amide bonds. The Labute approximate surface area is 694 Å². The Kier molecular flexibility index (Phi) is 117. The molecule has 0 fully saturated rings. The Morgan fingerprint density at radius 2 is 0.252 bits per heavy atom. The monoisotopic (exact) mass is 1730 g/mol. The van der Waals surface area contributed by atoms with Crippen molar-refractivity contribution in [1.29, 1.82) is 0 Å². The Hall–Kier alpha value is 3.72. The molecule has 0 aromatic heterocycles. The fourth-order valence-corrected chi connectivity index (χ4v) is 36.2. The predicted molar refractivity (Wildman–Crippen MR) is 406 cm³/mol. The van der Waals surface area contributed by atoms with Gasteiger partial charge in [0.1, 0.15) is 0 Å². The summed E-state index contributed by atoms with van der Waals surface area (Å²) < 4.78 is 108. The minimum Gasteiger partial charge on any atom is 4.00 e. The standard InChI is InChI=1S/12C4H9O.8C4H9.4O.7Ti/c12*1-2-3-4-5;8*1-3-4-2;;;;;;;;;;;/h12*2-4H2,1H3;8*1,3-4H2,2H3;;;;;;;;;;;/q12*-1;;;;;;;;;;;;;;;;;3*+4. The number of rotatable bonds is 64. The summed E-state index contributed by atoms with van der Waals surface area (Å²) in [5.74, 6) is 0. The molecule has 0 unspecified atom stereocenters. The summed E-state index contributed by atoms with van der Waals surface area (Å²) in [4.78, 5) is 0. The van der Waals surface area contributed by atoms with E-state index in [4.69, 9.17) is 26.5 Å². The van der Waals surface area contributed by atoms with E-state index in [0.717, 1.165) is 257 Å². The number of hydrogen-bond donors (Lipinski definition) is 0. The van der Waals surface area contributed by atoms with E-state index in [1.165, 1.54) is 0 Å². The Morgan fingerprint density at radius 3 is 0.311 bits per heavy atom. The van der Waals surface area contributed by atoms with Crippen molar-refractivity contribution in [3.05, 3.63) is 0 Å². The normalized spacial score (nSPS) is 12.6. The van der Waals surface area contributed by atoms with Gasteiger partial charge in [-0.25, -0.2) is 0 Å². The zero-order chi connectivity index (χ0) is 77.9. The fraction of sp³-hybridized carbons (Fsp3) is 1.00. The van der Waals surface area contributed by atoms with Gasteiger partial charge in [-0.1, -0.05) is 79.1 Å². The molecular weight excluding hydrogens is 1550 g/mol. The van der Waals surface area contributed by atoms with Crippen molar-refractivity contribution in [3.63, 3.8) is 0 Å². The Bertz CT molecular complexity index is 1480. The molecule has 0 aromatic carbocycles. The summed E-state index contributed by atoms with van der Waals surface area (Å²) >= 11 is -17.7. The summed E-state index contributed by atoms with van der Waals surface area (Å²) in [7, 11) is 0. The van der Waals surface area contributed by atoms with Gasteiger partial charge in [-0.15, -0.1) is 26.4 Å². The average molecular weight is 1730 g/mol. The van der Waals surface area contributed by atoms with Crippen molar-refractivity contribution < 1.29 is 190 Å². The van der Waals surface area contributed by atoms with E-state index in [1.54, 1.807) is 0 Å². The first kappa shape index (κ1) is 130. The molecule has 0 saturated heterocycles. The topological polar surface area (TPSA) is 234 Å². The van der Waals surface area contributed by atoms with Gasteiger partial charge >= 0.3 is 576 Å². The molecule has 0 radical (unpaired) electrons. The minimum absolute atomic E-state index is 0. The van der Waals surface area contributed by atoms with E-state index in [9.17, 15) is 33.7 Å². The van der Waals surface area contributed by atoms with Crippen LogP contribution in [0.5, 0.6) is 0 Å². The molecule has 0 spiro atoms. The van der Waals surface area contributed by atoms with Gasteiger partial charge in [-0.3, -0.25) is 0 Å². The maximum absolute atomic E-state index is 13.7. The quantitative estimate of drug-likeness (QED) is 0.0407. The minimum atomic E-state index is -4.42. The third-order valence-corrected chi connectivity index (χ3v) is 44.6.